The number of hydrogen-bond acceptors (Lipinski definition) is 4. The highest BCUT2D eigenvalue weighted by Gasteiger charge is 2.30. The molecule has 0 fully saturated rings. The zero-order chi connectivity index (χ0) is 20.9. The van der Waals surface area contributed by atoms with Crippen LogP contribution in [0.4, 0.5) is 13.2 Å². The highest BCUT2D eigenvalue weighted by molar-refractivity contribution is 5.96. The molecule has 3 aromatic rings. The van der Waals surface area contributed by atoms with Crippen LogP contribution in [-0.2, 0) is 13.1 Å². The lowest BCUT2D eigenvalue weighted by Crippen LogP contribution is -2.27. The van der Waals surface area contributed by atoms with Crippen LogP contribution >= 0.6 is 0 Å². The molecule has 0 spiro atoms. The number of carbonyl (C=O) groups excluding carboxylic acids is 1. The van der Waals surface area contributed by atoms with Crippen LogP contribution in [0, 0.1) is 0 Å². The van der Waals surface area contributed by atoms with Crippen molar-refractivity contribution in [3.05, 3.63) is 77.7 Å². The first-order valence-electron chi connectivity index (χ1n) is 8.77. The fourth-order valence-electron chi connectivity index (χ4n) is 2.72. The Hall–Kier alpha value is -3.36. The number of aromatic nitrogens is 3. The van der Waals surface area contributed by atoms with Crippen LogP contribution in [0.3, 0.4) is 0 Å². The summed E-state index contributed by atoms with van der Waals surface area (Å²) >= 11 is 0. The summed E-state index contributed by atoms with van der Waals surface area (Å²) in [5, 5.41) is 4.29. The largest absolute Gasteiger partial charge is 0.467 e. The molecule has 1 amide bonds. The number of rotatable bonds is 7. The Morgan fingerprint density at radius 2 is 1.90 bits per heavy atom. The van der Waals surface area contributed by atoms with E-state index in [-0.39, 0.29) is 18.0 Å². The average molecular weight is 404 g/mol. The Balaban J connectivity index is 1.65. The number of ether oxygens (including phenoxy) is 1. The van der Waals surface area contributed by atoms with E-state index in [9.17, 15) is 18.0 Å². The molecule has 9 heteroatoms. The van der Waals surface area contributed by atoms with Crippen LogP contribution in [0.25, 0.3) is 0 Å². The third-order valence-electron chi connectivity index (χ3n) is 4.01. The minimum absolute atomic E-state index is 0.0315. The zero-order valence-electron chi connectivity index (χ0n) is 15.6. The molecule has 6 nitrogen and oxygen atoms in total. The minimum Gasteiger partial charge on any atom is -0.467 e. The summed E-state index contributed by atoms with van der Waals surface area (Å²) in [5.41, 5.74) is 1.85. The molecule has 29 heavy (non-hydrogen) atoms. The van der Waals surface area contributed by atoms with Gasteiger partial charge >= 0.3 is 6.18 Å². The second kappa shape index (κ2) is 8.76. The zero-order valence-corrected chi connectivity index (χ0v) is 15.6. The van der Waals surface area contributed by atoms with Gasteiger partial charge in [-0.2, -0.15) is 18.3 Å². The van der Waals surface area contributed by atoms with Crippen LogP contribution in [0.15, 0.2) is 61.1 Å². The molecule has 0 aliphatic rings. The van der Waals surface area contributed by atoms with Gasteiger partial charge in [0.2, 0.25) is 5.88 Å². The molecule has 0 atom stereocenters. The van der Waals surface area contributed by atoms with Crippen molar-refractivity contribution >= 4 is 5.91 Å². The number of halogens is 3. The van der Waals surface area contributed by atoms with E-state index in [1.165, 1.54) is 23.2 Å². The third-order valence-corrected chi connectivity index (χ3v) is 4.01. The smallest absolute Gasteiger partial charge is 0.422 e. The van der Waals surface area contributed by atoms with E-state index >= 15 is 0 Å². The van der Waals surface area contributed by atoms with Crippen molar-refractivity contribution in [3.63, 3.8) is 0 Å². The molecule has 0 radical (unpaired) electrons. The van der Waals surface area contributed by atoms with Gasteiger partial charge in [-0.05, 0) is 17.7 Å². The van der Waals surface area contributed by atoms with Gasteiger partial charge in [0, 0.05) is 31.5 Å². The number of hydrogen-bond donors (Lipinski definition) is 0. The van der Waals surface area contributed by atoms with Crippen LogP contribution in [0.5, 0.6) is 5.88 Å². The van der Waals surface area contributed by atoms with Gasteiger partial charge in [-0.3, -0.25) is 9.48 Å². The number of amides is 1. The molecule has 0 saturated heterocycles. The topological polar surface area (TPSA) is 60.2 Å². The molecule has 1 aromatic carbocycles. The number of nitrogens with zero attached hydrogens (tertiary/aromatic N) is 4. The molecular weight excluding hydrogens is 385 g/mol. The summed E-state index contributed by atoms with van der Waals surface area (Å²) in [6.07, 6.45) is 0.227. The van der Waals surface area contributed by atoms with Crippen molar-refractivity contribution in [1.29, 1.82) is 0 Å². The Kier molecular flexibility index (Phi) is 6.16. The van der Waals surface area contributed by atoms with Gasteiger partial charge in [-0.15, -0.1) is 0 Å². The number of pyridine rings is 1. The Morgan fingerprint density at radius 3 is 2.62 bits per heavy atom. The van der Waals surface area contributed by atoms with E-state index in [4.69, 9.17) is 4.74 Å². The van der Waals surface area contributed by atoms with Gasteiger partial charge in [-0.1, -0.05) is 30.3 Å². The standard InChI is InChI=1S/C20H19F3N4O2/c1-26(11-16-10-25-27(13-16)12-15-6-3-2-4-7-15)19(28)17-8-5-9-24-18(17)29-14-20(21,22)23/h2-10,13H,11-12,14H2,1H3. The molecular formula is C20H19F3N4O2. The number of carbonyl (C=O) groups is 1. The molecule has 3 rings (SSSR count). The van der Waals surface area contributed by atoms with Gasteiger partial charge in [-0.25, -0.2) is 4.98 Å². The summed E-state index contributed by atoms with van der Waals surface area (Å²) in [5.74, 6) is -0.840. The molecule has 0 saturated carbocycles. The van der Waals surface area contributed by atoms with E-state index in [1.54, 1.807) is 17.9 Å². The Labute approximate surface area is 165 Å². The number of benzene rings is 1. The second-order valence-corrected chi connectivity index (χ2v) is 6.45. The van der Waals surface area contributed by atoms with E-state index in [2.05, 4.69) is 10.1 Å². The van der Waals surface area contributed by atoms with Crippen molar-refractivity contribution in [2.24, 2.45) is 0 Å². The lowest BCUT2D eigenvalue weighted by molar-refractivity contribution is -0.154. The third kappa shape index (κ3) is 5.81. The monoisotopic (exact) mass is 404 g/mol. The fourth-order valence-corrected chi connectivity index (χ4v) is 2.72. The van der Waals surface area contributed by atoms with Crippen molar-refractivity contribution in [1.82, 2.24) is 19.7 Å². The summed E-state index contributed by atoms with van der Waals surface area (Å²) in [4.78, 5) is 17.8. The fraction of sp³-hybridized carbons (Fsp3) is 0.250. The quantitative estimate of drug-likeness (QED) is 0.604. The maximum atomic E-state index is 12.7. The molecule has 152 valence electrons. The predicted octanol–water partition coefficient (Wildman–Crippen LogP) is 3.54. The first-order valence-corrected chi connectivity index (χ1v) is 8.77. The SMILES string of the molecule is CN(Cc1cnn(Cc2ccccc2)c1)C(=O)c1cccnc1OCC(F)(F)F. The lowest BCUT2D eigenvalue weighted by Gasteiger charge is -2.18. The van der Waals surface area contributed by atoms with Crippen molar-refractivity contribution in [2.45, 2.75) is 19.3 Å². The average Bonchev–Trinajstić information content (AvgIpc) is 3.13. The Morgan fingerprint density at radius 1 is 1.14 bits per heavy atom. The normalized spacial score (nSPS) is 11.3. The number of alkyl halides is 3. The summed E-state index contributed by atoms with van der Waals surface area (Å²) in [7, 11) is 1.55. The van der Waals surface area contributed by atoms with Crippen LogP contribution in [0.2, 0.25) is 0 Å². The van der Waals surface area contributed by atoms with Crippen molar-refractivity contribution in [2.75, 3.05) is 13.7 Å². The molecule has 0 aliphatic heterocycles. The highest BCUT2D eigenvalue weighted by atomic mass is 19.4. The van der Waals surface area contributed by atoms with E-state index < -0.39 is 18.7 Å². The summed E-state index contributed by atoms with van der Waals surface area (Å²) < 4.78 is 43.7. The maximum Gasteiger partial charge on any atom is 0.422 e. The minimum atomic E-state index is -4.52. The first-order chi connectivity index (χ1) is 13.8. The molecule has 0 unspecified atom stereocenters. The predicted molar refractivity (Wildman–Crippen MR) is 99.4 cm³/mol. The van der Waals surface area contributed by atoms with Crippen molar-refractivity contribution < 1.29 is 22.7 Å². The highest BCUT2D eigenvalue weighted by Crippen LogP contribution is 2.21. The maximum absolute atomic E-state index is 12.7. The summed E-state index contributed by atoms with van der Waals surface area (Å²) in [6, 6.07) is 12.7. The van der Waals surface area contributed by atoms with Gasteiger partial charge in [0.25, 0.3) is 5.91 Å². The van der Waals surface area contributed by atoms with E-state index in [0.717, 1.165) is 11.1 Å². The molecule has 2 aromatic heterocycles. The molecule has 2 heterocycles. The molecule has 0 aliphatic carbocycles. The molecule has 0 bridgehead atoms. The van der Waals surface area contributed by atoms with Crippen molar-refractivity contribution in [3.8, 4) is 5.88 Å². The lowest BCUT2D eigenvalue weighted by atomic mass is 10.2. The summed E-state index contributed by atoms with van der Waals surface area (Å²) in [6.45, 7) is -0.683. The van der Waals surface area contributed by atoms with Gasteiger partial charge in [0.05, 0.1) is 12.7 Å². The van der Waals surface area contributed by atoms with Gasteiger partial charge < -0.3 is 9.64 Å². The van der Waals surface area contributed by atoms with E-state index in [1.807, 2.05) is 36.5 Å². The Bertz CT molecular complexity index is 958. The van der Waals surface area contributed by atoms with Crippen LogP contribution < -0.4 is 4.74 Å². The van der Waals surface area contributed by atoms with Gasteiger partial charge in [0.15, 0.2) is 6.61 Å². The molecule has 0 N–H and O–H groups in total. The van der Waals surface area contributed by atoms with Gasteiger partial charge in [0.1, 0.15) is 5.56 Å². The van der Waals surface area contributed by atoms with Crippen LogP contribution in [-0.4, -0.2) is 45.4 Å². The van der Waals surface area contributed by atoms with Crippen LogP contribution in [0.1, 0.15) is 21.5 Å². The van der Waals surface area contributed by atoms with E-state index in [0.29, 0.717) is 6.54 Å². The second-order valence-electron chi connectivity index (χ2n) is 6.45. The first kappa shape index (κ1) is 20.4.